The van der Waals surface area contributed by atoms with Crippen LogP contribution in [0.25, 0.3) is 0 Å². The van der Waals surface area contributed by atoms with Crippen LogP contribution in [-0.2, 0) is 6.54 Å². The molecule has 1 aliphatic rings. The molecule has 2 rings (SSSR count). The third-order valence-electron chi connectivity index (χ3n) is 3.76. The Labute approximate surface area is 112 Å². The molecule has 0 aromatic carbocycles. The second kappa shape index (κ2) is 6.16. The minimum atomic E-state index is -0.493. The summed E-state index contributed by atoms with van der Waals surface area (Å²) in [6.45, 7) is 6.90. The van der Waals surface area contributed by atoms with Crippen LogP contribution in [0.1, 0.15) is 32.4 Å². The van der Waals surface area contributed by atoms with Gasteiger partial charge in [0.25, 0.3) is 0 Å². The zero-order valence-electron chi connectivity index (χ0n) is 11.5. The number of rotatable bonds is 5. The van der Waals surface area contributed by atoms with Crippen molar-refractivity contribution in [1.82, 2.24) is 10.2 Å². The summed E-state index contributed by atoms with van der Waals surface area (Å²) in [6.07, 6.45) is 2.15. The topological polar surface area (TPSA) is 71.5 Å². The minimum Gasteiger partial charge on any atom is -0.404 e. The van der Waals surface area contributed by atoms with E-state index in [2.05, 4.69) is 24.1 Å². The van der Waals surface area contributed by atoms with Crippen LogP contribution in [-0.4, -0.2) is 35.0 Å². The van der Waals surface area contributed by atoms with Gasteiger partial charge in [0.15, 0.2) is 0 Å². The fourth-order valence-corrected chi connectivity index (χ4v) is 2.55. The number of nitrogens with zero attached hydrogens (tertiary/aromatic N) is 2. The van der Waals surface area contributed by atoms with Crippen LogP contribution in [0.5, 0.6) is 0 Å². The largest absolute Gasteiger partial charge is 0.433 e. The van der Waals surface area contributed by atoms with Gasteiger partial charge in [-0.3, -0.25) is 15.0 Å². The van der Waals surface area contributed by atoms with E-state index in [1.807, 2.05) is 0 Å². The van der Waals surface area contributed by atoms with E-state index in [4.69, 9.17) is 4.42 Å². The van der Waals surface area contributed by atoms with Crippen molar-refractivity contribution in [1.29, 1.82) is 0 Å². The van der Waals surface area contributed by atoms with Crippen LogP contribution < -0.4 is 5.32 Å². The minimum absolute atomic E-state index is 0.176. The SMILES string of the molecule is CCC1CN(Cc2ccc([N+](=O)[O-])o2)C(CC)CN1. The van der Waals surface area contributed by atoms with Crippen molar-refractivity contribution in [3.8, 4) is 0 Å². The number of nitrogens with one attached hydrogen (secondary N) is 1. The van der Waals surface area contributed by atoms with Gasteiger partial charge in [0.05, 0.1) is 12.6 Å². The monoisotopic (exact) mass is 267 g/mol. The molecule has 2 atom stereocenters. The Bertz CT molecular complexity index is 433. The van der Waals surface area contributed by atoms with Gasteiger partial charge in [-0.15, -0.1) is 0 Å². The highest BCUT2D eigenvalue weighted by Gasteiger charge is 2.27. The van der Waals surface area contributed by atoms with E-state index in [1.54, 1.807) is 6.07 Å². The highest BCUT2D eigenvalue weighted by molar-refractivity contribution is 5.17. The second-order valence-electron chi connectivity index (χ2n) is 5.00. The number of nitro groups is 1. The maximum absolute atomic E-state index is 10.6. The van der Waals surface area contributed by atoms with Crippen LogP contribution in [0, 0.1) is 10.1 Å². The first-order valence-electron chi connectivity index (χ1n) is 6.84. The van der Waals surface area contributed by atoms with Crippen molar-refractivity contribution in [2.24, 2.45) is 0 Å². The van der Waals surface area contributed by atoms with Gasteiger partial charge in [0, 0.05) is 25.2 Å². The first-order chi connectivity index (χ1) is 9.13. The summed E-state index contributed by atoms with van der Waals surface area (Å²) in [4.78, 5) is 12.5. The Kier molecular flexibility index (Phi) is 4.55. The molecule has 1 aromatic heterocycles. The molecule has 2 unspecified atom stereocenters. The normalized spacial score (nSPS) is 24.5. The summed E-state index contributed by atoms with van der Waals surface area (Å²) < 4.78 is 5.25. The first kappa shape index (κ1) is 14.0. The van der Waals surface area contributed by atoms with E-state index in [0.717, 1.165) is 25.9 Å². The molecule has 1 aliphatic heterocycles. The van der Waals surface area contributed by atoms with Crippen LogP contribution in [0.4, 0.5) is 5.88 Å². The van der Waals surface area contributed by atoms with Gasteiger partial charge in [0.1, 0.15) is 10.7 Å². The Morgan fingerprint density at radius 2 is 2.26 bits per heavy atom. The molecule has 0 bridgehead atoms. The smallest absolute Gasteiger partial charge is 0.404 e. The lowest BCUT2D eigenvalue weighted by Gasteiger charge is -2.39. The van der Waals surface area contributed by atoms with E-state index in [0.29, 0.717) is 24.4 Å². The zero-order chi connectivity index (χ0) is 13.8. The van der Waals surface area contributed by atoms with Gasteiger partial charge < -0.3 is 9.73 Å². The molecule has 6 heteroatoms. The molecular weight excluding hydrogens is 246 g/mol. The fraction of sp³-hybridized carbons (Fsp3) is 0.692. The number of piperazine rings is 1. The first-order valence-corrected chi connectivity index (χ1v) is 6.84. The lowest BCUT2D eigenvalue weighted by Crippen LogP contribution is -2.55. The predicted octanol–water partition coefficient (Wildman–Crippen LogP) is 2.15. The summed E-state index contributed by atoms with van der Waals surface area (Å²) in [5.74, 6) is 0.493. The van der Waals surface area contributed by atoms with Gasteiger partial charge >= 0.3 is 5.88 Å². The molecule has 0 aliphatic carbocycles. The standard InChI is InChI=1S/C13H21N3O3/c1-3-10-8-15(11(4-2)7-14-10)9-12-5-6-13(19-12)16(17)18/h5-6,10-11,14H,3-4,7-9H2,1-2H3. The summed E-state index contributed by atoms with van der Waals surface area (Å²) in [5, 5.41) is 14.1. The molecule has 0 spiro atoms. The van der Waals surface area contributed by atoms with E-state index in [-0.39, 0.29) is 5.88 Å². The molecule has 1 N–H and O–H groups in total. The van der Waals surface area contributed by atoms with Crippen molar-refractivity contribution < 1.29 is 9.34 Å². The van der Waals surface area contributed by atoms with Crippen molar-refractivity contribution in [2.45, 2.75) is 45.3 Å². The van der Waals surface area contributed by atoms with Crippen molar-refractivity contribution in [3.63, 3.8) is 0 Å². The van der Waals surface area contributed by atoms with Crippen molar-refractivity contribution >= 4 is 5.88 Å². The number of hydrogen-bond donors (Lipinski definition) is 1. The quantitative estimate of drug-likeness (QED) is 0.653. The molecule has 1 aromatic rings. The molecule has 0 saturated carbocycles. The molecule has 6 nitrogen and oxygen atoms in total. The molecule has 0 radical (unpaired) electrons. The average molecular weight is 267 g/mol. The summed E-state index contributed by atoms with van der Waals surface area (Å²) in [7, 11) is 0. The highest BCUT2D eigenvalue weighted by atomic mass is 16.6. The van der Waals surface area contributed by atoms with Crippen LogP contribution in [0.15, 0.2) is 16.5 Å². The van der Waals surface area contributed by atoms with Crippen LogP contribution in [0.3, 0.4) is 0 Å². The summed E-state index contributed by atoms with van der Waals surface area (Å²) in [6, 6.07) is 4.09. The lowest BCUT2D eigenvalue weighted by molar-refractivity contribution is -0.402. The van der Waals surface area contributed by atoms with Gasteiger partial charge in [-0.1, -0.05) is 13.8 Å². The highest BCUT2D eigenvalue weighted by Crippen LogP contribution is 2.20. The van der Waals surface area contributed by atoms with Crippen LogP contribution >= 0.6 is 0 Å². The Hall–Kier alpha value is -1.40. The molecule has 106 valence electrons. The molecule has 0 amide bonds. The summed E-state index contributed by atoms with van der Waals surface area (Å²) >= 11 is 0. The third-order valence-corrected chi connectivity index (χ3v) is 3.76. The predicted molar refractivity (Wildman–Crippen MR) is 71.9 cm³/mol. The second-order valence-corrected chi connectivity index (χ2v) is 5.00. The molecule has 1 fully saturated rings. The number of hydrogen-bond acceptors (Lipinski definition) is 5. The number of furan rings is 1. The lowest BCUT2D eigenvalue weighted by atomic mass is 10.1. The van der Waals surface area contributed by atoms with Gasteiger partial charge in [-0.25, -0.2) is 0 Å². The maximum Gasteiger partial charge on any atom is 0.433 e. The van der Waals surface area contributed by atoms with E-state index in [9.17, 15) is 10.1 Å². The van der Waals surface area contributed by atoms with Crippen LogP contribution in [0.2, 0.25) is 0 Å². The van der Waals surface area contributed by atoms with E-state index in [1.165, 1.54) is 6.07 Å². The maximum atomic E-state index is 10.6. The van der Waals surface area contributed by atoms with Gasteiger partial charge in [0.2, 0.25) is 0 Å². The average Bonchev–Trinajstić information content (AvgIpc) is 2.87. The van der Waals surface area contributed by atoms with Gasteiger partial charge in [-0.05, 0) is 18.9 Å². The fourth-order valence-electron chi connectivity index (χ4n) is 2.55. The Balaban J connectivity index is 2.03. The zero-order valence-corrected chi connectivity index (χ0v) is 11.5. The molecule has 19 heavy (non-hydrogen) atoms. The third kappa shape index (κ3) is 3.33. The Morgan fingerprint density at radius 1 is 1.47 bits per heavy atom. The van der Waals surface area contributed by atoms with E-state index >= 15 is 0 Å². The van der Waals surface area contributed by atoms with Gasteiger partial charge in [-0.2, -0.15) is 0 Å². The molecular formula is C13H21N3O3. The Morgan fingerprint density at radius 3 is 2.84 bits per heavy atom. The molecule has 1 saturated heterocycles. The van der Waals surface area contributed by atoms with E-state index < -0.39 is 4.92 Å². The molecule has 2 heterocycles. The van der Waals surface area contributed by atoms with Crippen molar-refractivity contribution in [3.05, 3.63) is 28.0 Å². The summed E-state index contributed by atoms with van der Waals surface area (Å²) in [5.41, 5.74) is 0. The van der Waals surface area contributed by atoms with Crippen molar-refractivity contribution in [2.75, 3.05) is 13.1 Å².